The van der Waals surface area contributed by atoms with Crippen LogP contribution in [0.4, 0.5) is 0 Å². The average Bonchev–Trinajstić information content (AvgIpc) is 2.68. The Hall–Kier alpha value is -2.79. The molecule has 0 radical (unpaired) electrons. The van der Waals surface area contributed by atoms with E-state index in [4.69, 9.17) is 4.74 Å². The van der Waals surface area contributed by atoms with Crippen LogP contribution in [-0.4, -0.2) is 26.1 Å². The molecule has 25 heavy (non-hydrogen) atoms. The summed E-state index contributed by atoms with van der Waals surface area (Å²) >= 11 is 0. The van der Waals surface area contributed by atoms with Gasteiger partial charge >= 0.3 is 0 Å². The number of carbonyl (C=O) groups is 1. The second-order valence-corrected chi connectivity index (χ2v) is 6.13. The van der Waals surface area contributed by atoms with Crippen molar-refractivity contribution in [3.05, 3.63) is 77.5 Å². The number of hydrogen-bond donors (Lipinski definition) is 3. The molecule has 3 N–H and O–H groups in total. The molecule has 5 nitrogen and oxygen atoms in total. The van der Waals surface area contributed by atoms with E-state index >= 15 is 0 Å². The molecule has 1 unspecified atom stereocenters. The minimum absolute atomic E-state index is 0.197. The van der Waals surface area contributed by atoms with Gasteiger partial charge in [-0.15, -0.1) is 0 Å². The summed E-state index contributed by atoms with van der Waals surface area (Å²) in [6, 6.07) is 17.7. The summed E-state index contributed by atoms with van der Waals surface area (Å²) in [5, 5.41) is 0. The van der Waals surface area contributed by atoms with Crippen LogP contribution in [0.15, 0.2) is 66.4 Å². The third kappa shape index (κ3) is 4.61. The van der Waals surface area contributed by atoms with Crippen LogP contribution in [0.3, 0.4) is 0 Å². The molecule has 1 aliphatic heterocycles. The Kier molecular flexibility index (Phi) is 5.69. The van der Waals surface area contributed by atoms with Crippen LogP contribution in [0, 0.1) is 0 Å². The molecule has 1 aliphatic rings. The first-order valence-electron chi connectivity index (χ1n) is 8.52. The normalized spacial score (nSPS) is 16.7. The number of para-hydroxylation sites is 1. The fourth-order valence-electron chi connectivity index (χ4n) is 2.98. The lowest BCUT2D eigenvalue weighted by Crippen LogP contribution is -3.11. The highest BCUT2D eigenvalue weighted by Crippen LogP contribution is 2.16. The fraction of sp³-hybridized carbons (Fsp3) is 0.250. The topological polar surface area (TPSA) is 54.8 Å². The molecule has 0 saturated carbocycles. The van der Waals surface area contributed by atoms with Crippen molar-refractivity contribution < 1.29 is 14.4 Å². The number of hydrogen-bond acceptors (Lipinski definition) is 3. The third-order valence-corrected chi connectivity index (χ3v) is 4.37. The number of quaternary nitrogens is 1. The maximum Gasteiger partial charge on any atom is 0.273 e. The smallest absolute Gasteiger partial charge is 0.273 e. The minimum Gasteiger partial charge on any atom is -0.496 e. The molecule has 0 fully saturated rings. The molecule has 1 atom stereocenters. The van der Waals surface area contributed by atoms with Gasteiger partial charge in [0.15, 0.2) is 0 Å². The van der Waals surface area contributed by atoms with Crippen LogP contribution >= 0.6 is 0 Å². The zero-order valence-corrected chi connectivity index (χ0v) is 14.4. The standard InChI is InChI=1S/C20H23N3O2/c1-25-19-10-6-5-9-18(19)20(24)22-21-17-11-13-23(14-12-17)15-16-7-3-2-4-8-16/h2-11,21H,12-15H2,1H3,(H,22,24)/p+1. The van der Waals surface area contributed by atoms with Gasteiger partial charge in [0.1, 0.15) is 12.3 Å². The van der Waals surface area contributed by atoms with E-state index in [0.29, 0.717) is 11.3 Å². The Bertz CT molecular complexity index is 744. The zero-order chi connectivity index (χ0) is 17.5. The van der Waals surface area contributed by atoms with E-state index in [1.807, 2.05) is 18.2 Å². The summed E-state index contributed by atoms with van der Waals surface area (Å²) in [6.07, 6.45) is 3.07. The van der Waals surface area contributed by atoms with Crippen LogP contribution in [0.5, 0.6) is 5.75 Å². The molecule has 0 spiro atoms. The number of amides is 1. The Morgan fingerprint density at radius 1 is 1.12 bits per heavy atom. The highest BCUT2D eigenvalue weighted by atomic mass is 16.5. The van der Waals surface area contributed by atoms with E-state index in [0.717, 1.165) is 31.8 Å². The largest absolute Gasteiger partial charge is 0.496 e. The van der Waals surface area contributed by atoms with Crippen molar-refractivity contribution in [3.8, 4) is 5.75 Å². The number of ether oxygens (including phenoxy) is 1. The summed E-state index contributed by atoms with van der Waals surface area (Å²) in [5.74, 6) is 0.371. The highest BCUT2D eigenvalue weighted by Gasteiger charge is 2.16. The Morgan fingerprint density at radius 3 is 2.60 bits per heavy atom. The number of benzene rings is 2. The molecule has 3 rings (SSSR count). The second-order valence-electron chi connectivity index (χ2n) is 6.13. The summed E-state index contributed by atoms with van der Waals surface area (Å²) in [4.78, 5) is 13.8. The van der Waals surface area contributed by atoms with Crippen molar-refractivity contribution >= 4 is 5.91 Å². The van der Waals surface area contributed by atoms with Crippen molar-refractivity contribution in [1.29, 1.82) is 0 Å². The fourth-order valence-corrected chi connectivity index (χ4v) is 2.98. The number of hydrazine groups is 1. The first kappa shape index (κ1) is 17.0. The van der Waals surface area contributed by atoms with E-state index in [-0.39, 0.29) is 5.91 Å². The van der Waals surface area contributed by atoms with Gasteiger partial charge in [-0.25, -0.2) is 0 Å². The van der Waals surface area contributed by atoms with Crippen LogP contribution < -0.4 is 20.5 Å². The van der Waals surface area contributed by atoms with Crippen molar-refractivity contribution in [1.82, 2.24) is 10.9 Å². The first-order chi connectivity index (χ1) is 12.3. The lowest BCUT2D eigenvalue weighted by atomic mass is 10.1. The Balaban J connectivity index is 1.50. The molecule has 0 bridgehead atoms. The summed E-state index contributed by atoms with van der Waals surface area (Å²) in [5.41, 5.74) is 8.74. The van der Waals surface area contributed by atoms with Crippen molar-refractivity contribution in [2.24, 2.45) is 0 Å². The molecular formula is C20H24N3O2+. The number of carbonyl (C=O) groups excluding carboxylic acids is 1. The van der Waals surface area contributed by atoms with Crippen LogP contribution in [0.2, 0.25) is 0 Å². The van der Waals surface area contributed by atoms with E-state index in [2.05, 4.69) is 41.2 Å². The maximum atomic E-state index is 12.3. The molecule has 0 saturated heterocycles. The van der Waals surface area contributed by atoms with Gasteiger partial charge in [0.25, 0.3) is 5.91 Å². The summed E-state index contributed by atoms with van der Waals surface area (Å²) in [7, 11) is 1.56. The van der Waals surface area contributed by atoms with Gasteiger partial charge in [-0.05, 0) is 18.2 Å². The molecule has 0 aromatic heterocycles. The number of nitrogens with one attached hydrogen (secondary N) is 3. The molecule has 0 aliphatic carbocycles. The van der Waals surface area contributed by atoms with Gasteiger partial charge in [0.2, 0.25) is 0 Å². The third-order valence-electron chi connectivity index (χ3n) is 4.37. The number of methoxy groups -OCH3 is 1. The molecular weight excluding hydrogens is 314 g/mol. The molecule has 2 aromatic rings. The van der Waals surface area contributed by atoms with Crippen LogP contribution in [0.25, 0.3) is 0 Å². The molecule has 5 heteroatoms. The SMILES string of the molecule is COc1ccccc1C(=O)NNC1=CC[NH+](Cc2ccccc2)CC1. The predicted molar refractivity (Wildman–Crippen MR) is 97.1 cm³/mol. The predicted octanol–water partition coefficient (Wildman–Crippen LogP) is 1.30. The monoisotopic (exact) mass is 338 g/mol. The first-order valence-corrected chi connectivity index (χ1v) is 8.52. The number of rotatable bonds is 6. The average molecular weight is 338 g/mol. The minimum atomic E-state index is -0.197. The van der Waals surface area contributed by atoms with Crippen molar-refractivity contribution in [3.63, 3.8) is 0 Å². The Morgan fingerprint density at radius 2 is 1.88 bits per heavy atom. The van der Waals surface area contributed by atoms with Crippen LogP contribution in [0.1, 0.15) is 22.3 Å². The summed E-state index contributed by atoms with van der Waals surface area (Å²) in [6.45, 7) is 3.01. The van der Waals surface area contributed by atoms with E-state index in [9.17, 15) is 4.79 Å². The maximum absolute atomic E-state index is 12.3. The molecule has 2 aromatic carbocycles. The molecule has 1 heterocycles. The lowest BCUT2D eigenvalue weighted by molar-refractivity contribution is -0.909. The highest BCUT2D eigenvalue weighted by molar-refractivity contribution is 5.96. The van der Waals surface area contributed by atoms with Crippen LogP contribution in [-0.2, 0) is 6.54 Å². The quantitative estimate of drug-likeness (QED) is 0.696. The lowest BCUT2D eigenvalue weighted by Gasteiger charge is -2.24. The van der Waals surface area contributed by atoms with Crippen molar-refractivity contribution in [2.45, 2.75) is 13.0 Å². The van der Waals surface area contributed by atoms with E-state index in [1.165, 1.54) is 10.5 Å². The van der Waals surface area contributed by atoms with E-state index < -0.39 is 0 Å². The van der Waals surface area contributed by atoms with Gasteiger partial charge in [0.05, 0.1) is 25.8 Å². The van der Waals surface area contributed by atoms with Gasteiger partial charge in [-0.3, -0.25) is 10.2 Å². The Labute approximate surface area is 148 Å². The van der Waals surface area contributed by atoms with Gasteiger partial charge in [-0.1, -0.05) is 42.5 Å². The van der Waals surface area contributed by atoms with E-state index in [1.54, 1.807) is 19.2 Å². The zero-order valence-electron chi connectivity index (χ0n) is 14.4. The summed E-state index contributed by atoms with van der Waals surface area (Å²) < 4.78 is 5.22. The molecule has 1 amide bonds. The van der Waals surface area contributed by atoms with Gasteiger partial charge < -0.3 is 15.1 Å². The van der Waals surface area contributed by atoms with Gasteiger partial charge in [0, 0.05) is 17.7 Å². The molecule has 130 valence electrons. The second kappa shape index (κ2) is 8.35. The van der Waals surface area contributed by atoms with Crippen molar-refractivity contribution in [2.75, 3.05) is 20.2 Å². The van der Waals surface area contributed by atoms with Gasteiger partial charge in [-0.2, -0.15) is 0 Å².